The van der Waals surface area contributed by atoms with E-state index in [0.29, 0.717) is 5.88 Å². The number of hydrogen-bond acceptors (Lipinski definition) is 1. The van der Waals surface area contributed by atoms with Crippen LogP contribution in [0.5, 0.6) is 0 Å². The molecule has 0 aliphatic heterocycles. The summed E-state index contributed by atoms with van der Waals surface area (Å²) in [5.74, 6) is 0.636. The van der Waals surface area contributed by atoms with Crippen molar-refractivity contribution in [3.05, 3.63) is 30.1 Å². The zero-order valence-electron chi connectivity index (χ0n) is 6.84. The third kappa shape index (κ3) is 1.93. The van der Waals surface area contributed by atoms with Gasteiger partial charge >= 0.3 is 0 Å². The Bertz CT molecular complexity index is 218. The number of halogens is 1. The van der Waals surface area contributed by atoms with Gasteiger partial charge in [0.2, 0.25) is 0 Å². The molecule has 1 aromatic heterocycles. The van der Waals surface area contributed by atoms with Crippen molar-refractivity contribution in [2.45, 2.75) is 19.3 Å². The maximum absolute atomic E-state index is 5.81. The van der Waals surface area contributed by atoms with Crippen LogP contribution in [0.4, 0.5) is 0 Å². The van der Waals surface area contributed by atoms with Crippen LogP contribution in [0.3, 0.4) is 0 Å². The van der Waals surface area contributed by atoms with Crippen LogP contribution in [-0.4, -0.2) is 10.9 Å². The average Bonchev–Trinajstić information content (AvgIpc) is 2.06. The fourth-order valence-electron chi connectivity index (χ4n) is 0.880. The Hall–Kier alpha value is -0.560. The summed E-state index contributed by atoms with van der Waals surface area (Å²) in [7, 11) is 0. The van der Waals surface area contributed by atoms with E-state index >= 15 is 0 Å². The Morgan fingerprint density at radius 1 is 1.36 bits per heavy atom. The monoisotopic (exact) mass is 169 g/mol. The highest BCUT2D eigenvalue weighted by molar-refractivity contribution is 6.18. The first-order valence-corrected chi connectivity index (χ1v) is 4.17. The Kier molecular flexibility index (Phi) is 2.50. The number of alkyl halides is 1. The van der Waals surface area contributed by atoms with E-state index in [2.05, 4.69) is 18.8 Å². The van der Waals surface area contributed by atoms with Gasteiger partial charge < -0.3 is 0 Å². The van der Waals surface area contributed by atoms with Gasteiger partial charge in [-0.2, -0.15) is 0 Å². The van der Waals surface area contributed by atoms with E-state index in [1.165, 1.54) is 5.56 Å². The predicted octanol–water partition coefficient (Wildman–Crippen LogP) is 2.60. The highest BCUT2D eigenvalue weighted by Gasteiger charge is 2.18. The molecule has 0 atom stereocenters. The summed E-state index contributed by atoms with van der Waals surface area (Å²) in [5, 5.41) is 0. The number of aromatic nitrogens is 1. The Balaban J connectivity index is 2.93. The van der Waals surface area contributed by atoms with Crippen molar-refractivity contribution < 1.29 is 0 Å². The number of rotatable bonds is 2. The molecule has 0 saturated heterocycles. The van der Waals surface area contributed by atoms with Gasteiger partial charge in [0.15, 0.2) is 0 Å². The molecule has 0 aliphatic rings. The second-order valence-electron chi connectivity index (χ2n) is 3.25. The van der Waals surface area contributed by atoms with Gasteiger partial charge in [-0.1, -0.05) is 13.8 Å². The fourth-order valence-corrected chi connectivity index (χ4v) is 1.03. The topological polar surface area (TPSA) is 12.9 Å². The van der Waals surface area contributed by atoms with Crippen LogP contribution in [0.25, 0.3) is 0 Å². The molecule has 2 heteroatoms. The smallest absolute Gasteiger partial charge is 0.0315 e. The summed E-state index contributed by atoms with van der Waals surface area (Å²) in [6, 6.07) is 4.00. The molecular formula is C9H12ClN. The second kappa shape index (κ2) is 3.22. The van der Waals surface area contributed by atoms with Crippen LogP contribution >= 0.6 is 11.6 Å². The van der Waals surface area contributed by atoms with Crippen LogP contribution in [0.2, 0.25) is 0 Å². The number of nitrogens with zero attached hydrogens (tertiary/aromatic N) is 1. The lowest BCUT2D eigenvalue weighted by Crippen LogP contribution is -2.18. The quantitative estimate of drug-likeness (QED) is 0.621. The van der Waals surface area contributed by atoms with E-state index in [-0.39, 0.29) is 5.41 Å². The first-order chi connectivity index (χ1) is 5.17. The van der Waals surface area contributed by atoms with E-state index in [4.69, 9.17) is 11.6 Å². The largest absolute Gasteiger partial charge is 0.265 e. The van der Waals surface area contributed by atoms with E-state index in [1.807, 2.05) is 12.1 Å². The van der Waals surface area contributed by atoms with Gasteiger partial charge in [0.05, 0.1) is 0 Å². The highest BCUT2D eigenvalue weighted by Crippen LogP contribution is 2.23. The molecule has 60 valence electrons. The van der Waals surface area contributed by atoms with Gasteiger partial charge in [-0.15, -0.1) is 11.6 Å². The first kappa shape index (κ1) is 8.54. The van der Waals surface area contributed by atoms with Crippen molar-refractivity contribution in [1.29, 1.82) is 0 Å². The summed E-state index contributed by atoms with van der Waals surface area (Å²) >= 11 is 5.81. The first-order valence-electron chi connectivity index (χ1n) is 3.63. The van der Waals surface area contributed by atoms with Crippen molar-refractivity contribution in [3.8, 4) is 0 Å². The fraction of sp³-hybridized carbons (Fsp3) is 0.444. The Morgan fingerprint density at radius 3 is 2.36 bits per heavy atom. The molecule has 0 amide bonds. The Morgan fingerprint density at radius 2 is 1.91 bits per heavy atom. The van der Waals surface area contributed by atoms with Gasteiger partial charge in [-0.25, -0.2) is 0 Å². The average molecular weight is 170 g/mol. The summed E-state index contributed by atoms with van der Waals surface area (Å²) in [5.41, 5.74) is 1.30. The van der Waals surface area contributed by atoms with E-state index in [9.17, 15) is 0 Å². The van der Waals surface area contributed by atoms with Crippen molar-refractivity contribution in [3.63, 3.8) is 0 Å². The summed E-state index contributed by atoms with van der Waals surface area (Å²) in [6.45, 7) is 4.24. The molecule has 0 unspecified atom stereocenters. The molecule has 0 saturated carbocycles. The molecule has 0 bridgehead atoms. The molecule has 0 N–H and O–H groups in total. The minimum Gasteiger partial charge on any atom is -0.265 e. The van der Waals surface area contributed by atoms with E-state index in [0.717, 1.165) is 0 Å². The third-order valence-corrected chi connectivity index (χ3v) is 2.46. The van der Waals surface area contributed by atoms with Crippen LogP contribution in [0, 0.1) is 0 Å². The normalized spacial score (nSPS) is 11.5. The highest BCUT2D eigenvalue weighted by atomic mass is 35.5. The summed E-state index contributed by atoms with van der Waals surface area (Å²) in [6.07, 6.45) is 3.59. The molecule has 1 rings (SSSR count). The molecular weight excluding hydrogens is 158 g/mol. The molecule has 11 heavy (non-hydrogen) atoms. The van der Waals surface area contributed by atoms with E-state index in [1.54, 1.807) is 12.4 Å². The van der Waals surface area contributed by atoms with Crippen molar-refractivity contribution in [2.75, 3.05) is 5.88 Å². The minimum atomic E-state index is 0.0600. The third-order valence-electron chi connectivity index (χ3n) is 1.80. The molecule has 1 nitrogen and oxygen atoms in total. The molecule has 0 aromatic carbocycles. The number of pyridine rings is 1. The minimum absolute atomic E-state index is 0.0600. The maximum Gasteiger partial charge on any atom is 0.0315 e. The SMILES string of the molecule is CC(C)(CCl)c1ccncc1. The molecule has 1 heterocycles. The molecule has 1 aromatic rings. The predicted molar refractivity (Wildman–Crippen MR) is 48.0 cm³/mol. The van der Waals surface area contributed by atoms with Crippen molar-refractivity contribution in [2.24, 2.45) is 0 Å². The Labute approximate surface area is 72.4 Å². The summed E-state index contributed by atoms with van der Waals surface area (Å²) < 4.78 is 0. The van der Waals surface area contributed by atoms with Crippen LogP contribution in [0.15, 0.2) is 24.5 Å². The molecule has 0 fully saturated rings. The summed E-state index contributed by atoms with van der Waals surface area (Å²) in [4.78, 5) is 3.95. The molecule has 0 aliphatic carbocycles. The molecule has 0 radical (unpaired) electrons. The second-order valence-corrected chi connectivity index (χ2v) is 3.52. The van der Waals surface area contributed by atoms with Crippen LogP contribution < -0.4 is 0 Å². The standard InChI is InChI=1S/C9H12ClN/c1-9(2,7-10)8-3-5-11-6-4-8/h3-6H,7H2,1-2H3. The van der Waals surface area contributed by atoms with Crippen molar-refractivity contribution in [1.82, 2.24) is 4.98 Å². The lowest BCUT2D eigenvalue weighted by molar-refractivity contribution is 0.597. The maximum atomic E-state index is 5.81. The van der Waals surface area contributed by atoms with E-state index < -0.39 is 0 Å². The molecule has 0 spiro atoms. The van der Waals surface area contributed by atoms with Crippen molar-refractivity contribution >= 4 is 11.6 Å². The van der Waals surface area contributed by atoms with Gasteiger partial charge in [0, 0.05) is 23.7 Å². The lowest BCUT2D eigenvalue weighted by Gasteiger charge is -2.21. The lowest BCUT2D eigenvalue weighted by atomic mass is 9.88. The van der Waals surface area contributed by atoms with Gasteiger partial charge in [-0.05, 0) is 17.7 Å². The zero-order chi connectivity index (χ0) is 8.32. The van der Waals surface area contributed by atoms with Crippen LogP contribution in [-0.2, 0) is 5.41 Å². The van der Waals surface area contributed by atoms with Gasteiger partial charge in [0.25, 0.3) is 0 Å². The zero-order valence-corrected chi connectivity index (χ0v) is 7.60. The van der Waals surface area contributed by atoms with Gasteiger partial charge in [-0.3, -0.25) is 4.98 Å². The number of hydrogen-bond donors (Lipinski definition) is 0. The van der Waals surface area contributed by atoms with Gasteiger partial charge in [0.1, 0.15) is 0 Å². The van der Waals surface area contributed by atoms with Crippen LogP contribution in [0.1, 0.15) is 19.4 Å².